The minimum absolute atomic E-state index is 0.305. The van der Waals surface area contributed by atoms with Gasteiger partial charge in [-0.3, -0.25) is 0 Å². The van der Waals surface area contributed by atoms with E-state index in [0.29, 0.717) is 17.6 Å². The summed E-state index contributed by atoms with van der Waals surface area (Å²) in [6.07, 6.45) is 0.305. The topological polar surface area (TPSA) is 67.1 Å². The minimum atomic E-state index is -0.363. The number of benzene rings is 1. The van der Waals surface area contributed by atoms with E-state index in [9.17, 15) is 4.79 Å². The van der Waals surface area contributed by atoms with Crippen LogP contribution in [0.2, 0.25) is 0 Å². The number of fused-ring (bicyclic) bond motifs is 2. The second-order valence-corrected chi connectivity index (χ2v) is 4.98. The molecule has 2 heterocycles. The second-order valence-electron chi connectivity index (χ2n) is 4.98. The Hall–Kier alpha value is -2.54. The standard InChI is InChI=1S/C16H13NO3/c1-8-6-14(18)20-15-9(2)16-13(7-12(8)15)11(4-5-17)10(3)19-16/h6-7H,4H2,1-3H3. The molecule has 0 atom stereocenters. The summed E-state index contributed by atoms with van der Waals surface area (Å²) < 4.78 is 11.1. The van der Waals surface area contributed by atoms with Crippen LogP contribution in [0.5, 0.6) is 0 Å². The summed E-state index contributed by atoms with van der Waals surface area (Å²) in [5.41, 5.74) is 3.44. The van der Waals surface area contributed by atoms with Gasteiger partial charge in [-0.05, 0) is 32.4 Å². The molecule has 0 aliphatic carbocycles. The maximum absolute atomic E-state index is 11.5. The molecule has 0 amide bonds. The van der Waals surface area contributed by atoms with Crippen LogP contribution in [0.1, 0.15) is 22.5 Å². The van der Waals surface area contributed by atoms with Crippen LogP contribution in [0, 0.1) is 32.1 Å². The van der Waals surface area contributed by atoms with E-state index in [2.05, 4.69) is 6.07 Å². The second kappa shape index (κ2) is 4.24. The molecule has 0 fully saturated rings. The molecule has 0 aliphatic heterocycles. The van der Waals surface area contributed by atoms with Crippen molar-refractivity contribution in [2.45, 2.75) is 27.2 Å². The summed E-state index contributed by atoms with van der Waals surface area (Å²) >= 11 is 0. The van der Waals surface area contributed by atoms with Crippen molar-refractivity contribution in [2.24, 2.45) is 0 Å². The Morgan fingerprint density at radius 2 is 1.80 bits per heavy atom. The van der Waals surface area contributed by atoms with E-state index >= 15 is 0 Å². The highest BCUT2D eigenvalue weighted by Crippen LogP contribution is 2.34. The van der Waals surface area contributed by atoms with E-state index in [4.69, 9.17) is 14.1 Å². The van der Waals surface area contributed by atoms with Gasteiger partial charge in [0, 0.05) is 28.0 Å². The fraction of sp³-hybridized carbons (Fsp3) is 0.250. The van der Waals surface area contributed by atoms with E-state index in [1.165, 1.54) is 6.07 Å². The zero-order valence-corrected chi connectivity index (χ0v) is 11.5. The Kier molecular flexibility index (Phi) is 2.65. The Balaban J connectivity index is 2.55. The highest BCUT2D eigenvalue weighted by atomic mass is 16.4. The first-order valence-corrected chi connectivity index (χ1v) is 6.36. The average molecular weight is 267 g/mol. The van der Waals surface area contributed by atoms with Gasteiger partial charge in [0.05, 0.1) is 12.5 Å². The van der Waals surface area contributed by atoms with Crippen LogP contribution < -0.4 is 5.63 Å². The van der Waals surface area contributed by atoms with Crippen molar-refractivity contribution in [3.8, 4) is 6.07 Å². The molecule has 3 rings (SSSR count). The number of rotatable bonds is 1. The summed E-state index contributed by atoms with van der Waals surface area (Å²) in [6.45, 7) is 5.59. The predicted octanol–water partition coefficient (Wildman–Crippen LogP) is 3.53. The summed E-state index contributed by atoms with van der Waals surface area (Å²) in [5.74, 6) is 0.736. The molecule has 0 bridgehead atoms. The monoisotopic (exact) mass is 267 g/mol. The van der Waals surface area contributed by atoms with Crippen LogP contribution in [0.25, 0.3) is 21.9 Å². The Morgan fingerprint density at radius 3 is 2.50 bits per heavy atom. The summed E-state index contributed by atoms with van der Waals surface area (Å²) in [7, 11) is 0. The lowest BCUT2D eigenvalue weighted by molar-refractivity contribution is 0.550. The molecule has 4 nitrogen and oxygen atoms in total. The van der Waals surface area contributed by atoms with Crippen molar-refractivity contribution < 1.29 is 8.83 Å². The molecule has 0 N–H and O–H groups in total. The summed E-state index contributed by atoms with van der Waals surface area (Å²) in [5, 5.41) is 10.8. The Labute approximate surface area is 115 Å². The number of hydrogen-bond acceptors (Lipinski definition) is 4. The smallest absolute Gasteiger partial charge is 0.336 e. The maximum atomic E-state index is 11.5. The molecule has 0 saturated heterocycles. The van der Waals surface area contributed by atoms with Gasteiger partial charge in [-0.2, -0.15) is 5.26 Å². The van der Waals surface area contributed by atoms with Crippen LogP contribution in [-0.2, 0) is 6.42 Å². The summed E-state index contributed by atoms with van der Waals surface area (Å²) in [6, 6.07) is 5.58. The lowest BCUT2D eigenvalue weighted by Gasteiger charge is -2.04. The normalized spacial score (nSPS) is 11.1. The molecule has 0 unspecified atom stereocenters. The van der Waals surface area contributed by atoms with Gasteiger partial charge in [-0.25, -0.2) is 4.79 Å². The molecule has 100 valence electrons. The Morgan fingerprint density at radius 1 is 1.10 bits per heavy atom. The maximum Gasteiger partial charge on any atom is 0.336 e. The van der Waals surface area contributed by atoms with Crippen LogP contribution in [0.4, 0.5) is 0 Å². The molecule has 3 aromatic rings. The van der Waals surface area contributed by atoms with Crippen molar-refractivity contribution in [2.75, 3.05) is 0 Å². The molecule has 0 radical (unpaired) electrons. The first-order valence-electron chi connectivity index (χ1n) is 6.36. The van der Waals surface area contributed by atoms with Gasteiger partial charge in [-0.15, -0.1) is 0 Å². The lowest BCUT2D eigenvalue weighted by atomic mass is 10.0. The van der Waals surface area contributed by atoms with Gasteiger partial charge in [0.25, 0.3) is 0 Å². The van der Waals surface area contributed by atoms with Crippen molar-refractivity contribution in [1.82, 2.24) is 0 Å². The van der Waals surface area contributed by atoms with Gasteiger partial charge < -0.3 is 8.83 Å². The number of nitrogens with zero attached hydrogens (tertiary/aromatic N) is 1. The zero-order valence-electron chi connectivity index (χ0n) is 11.5. The van der Waals surface area contributed by atoms with E-state index in [1.54, 1.807) is 0 Å². The average Bonchev–Trinajstić information content (AvgIpc) is 2.70. The van der Waals surface area contributed by atoms with Gasteiger partial charge in [0.15, 0.2) is 0 Å². The van der Waals surface area contributed by atoms with Crippen LogP contribution >= 0.6 is 0 Å². The number of nitriles is 1. The van der Waals surface area contributed by atoms with Crippen LogP contribution in [-0.4, -0.2) is 0 Å². The van der Waals surface area contributed by atoms with Gasteiger partial charge in [-0.1, -0.05) is 0 Å². The third-order valence-electron chi connectivity index (χ3n) is 3.68. The molecule has 20 heavy (non-hydrogen) atoms. The van der Waals surface area contributed by atoms with Gasteiger partial charge >= 0.3 is 5.63 Å². The van der Waals surface area contributed by atoms with Crippen molar-refractivity contribution in [3.05, 3.63) is 45.0 Å². The quantitative estimate of drug-likeness (QED) is 0.632. The van der Waals surface area contributed by atoms with Crippen LogP contribution in [0.3, 0.4) is 0 Å². The fourth-order valence-corrected chi connectivity index (χ4v) is 2.65. The first kappa shape index (κ1) is 12.5. The molecule has 1 aromatic carbocycles. The number of hydrogen-bond donors (Lipinski definition) is 0. The van der Waals surface area contributed by atoms with Crippen molar-refractivity contribution in [1.29, 1.82) is 5.26 Å². The highest BCUT2D eigenvalue weighted by Gasteiger charge is 2.17. The predicted molar refractivity (Wildman–Crippen MR) is 75.8 cm³/mol. The van der Waals surface area contributed by atoms with Crippen LogP contribution in [0.15, 0.2) is 25.8 Å². The third-order valence-corrected chi connectivity index (χ3v) is 3.68. The molecule has 0 aliphatic rings. The number of furan rings is 1. The summed E-state index contributed by atoms with van der Waals surface area (Å²) in [4.78, 5) is 11.5. The molecule has 0 spiro atoms. The molecule has 4 heteroatoms. The molecule has 2 aromatic heterocycles. The zero-order chi connectivity index (χ0) is 14.4. The van der Waals surface area contributed by atoms with Gasteiger partial charge in [0.1, 0.15) is 16.9 Å². The SMILES string of the molecule is Cc1oc2c(C)c3oc(=O)cc(C)c3cc2c1CC#N. The first-order chi connectivity index (χ1) is 9.52. The van der Waals surface area contributed by atoms with E-state index < -0.39 is 0 Å². The van der Waals surface area contributed by atoms with Crippen molar-refractivity contribution >= 4 is 21.9 Å². The highest BCUT2D eigenvalue weighted by molar-refractivity contribution is 6.00. The van der Waals surface area contributed by atoms with Gasteiger partial charge in [0.2, 0.25) is 0 Å². The molecular weight excluding hydrogens is 254 g/mol. The Bertz CT molecular complexity index is 938. The van der Waals surface area contributed by atoms with E-state index in [1.807, 2.05) is 26.8 Å². The molecule has 0 saturated carbocycles. The minimum Gasteiger partial charge on any atom is -0.461 e. The van der Waals surface area contributed by atoms with Crippen molar-refractivity contribution in [3.63, 3.8) is 0 Å². The largest absolute Gasteiger partial charge is 0.461 e. The molecular formula is C16H13NO3. The fourth-order valence-electron chi connectivity index (χ4n) is 2.65. The third kappa shape index (κ3) is 1.64. The van der Waals surface area contributed by atoms with E-state index in [0.717, 1.165) is 33.2 Å². The van der Waals surface area contributed by atoms with E-state index in [-0.39, 0.29) is 5.63 Å². The lowest BCUT2D eigenvalue weighted by Crippen LogP contribution is -1.99. The number of aryl methyl sites for hydroxylation is 3.